The Balaban J connectivity index is 1.63. The van der Waals surface area contributed by atoms with Crippen molar-refractivity contribution in [2.75, 3.05) is 0 Å². The number of hydrogen-bond acceptors (Lipinski definition) is 0. The summed E-state index contributed by atoms with van der Waals surface area (Å²) >= 11 is 0. The number of fused-ring (bicyclic) bond motifs is 9. The first-order valence-electron chi connectivity index (χ1n) is 11.6. The molecule has 3 aliphatic rings. The van der Waals surface area contributed by atoms with E-state index in [9.17, 15) is 0 Å². The third-order valence-corrected chi connectivity index (χ3v) is 7.73. The zero-order valence-electron chi connectivity index (χ0n) is 18.2. The zero-order chi connectivity index (χ0) is 21.3. The molecule has 1 spiro atoms. The molecule has 7 rings (SSSR count). The molecule has 0 aromatic heterocycles. The molecule has 0 heterocycles. The summed E-state index contributed by atoms with van der Waals surface area (Å²) in [5.41, 5.74) is 13.8. The number of rotatable bonds is 1. The van der Waals surface area contributed by atoms with Gasteiger partial charge in [-0.15, -0.1) is 0 Å². The monoisotopic (exact) mass is 408 g/mol. The quantitative estimate of drug-likeness (QED) is 0.299. The smallest absolute Gasteiger partial charge is 0.0722 e. The molecule has 0 nitrogen and oxygen atoms in total. The van der Waals surface area contributed by atoms with Gasteiger partial charge in [0.05, 0.1) is 5.41 Å². The van der Waals surface area contributed by atoms with Gasteiger partial charge in [0.2, 0.25) is 0 Å². The molecule has 2 atom stereocenters. The van der Waals surface area contributed by atoms with Gasteiger partial charge >= 0.3 is 0 Å². The molecule has 3 aliphatic carbocycles. The maximum absolute atomic E-state index is 2.46. The Morgan fingerprint density at radius 2 is 1.28 bits per heavy atom. The average Bonchev–Trinajstić information content (AvgIpc) is 3.32. The van der Waals surface area contributed by atoms with Crippen LogP contribution in [0.15, 0.2) is 115 Å². The van der Waals surface area contributed by atoms with Crippen molar-refractivity contribution in [1.29, 1.82) is 0 Å². The summed E-state index contributed by atoms with van der Waals surface area (Å²) in [5.74, 6) is 0.532. The molecule has 0 N–H and O–H groups in total. The van der Waals surface area contributed by atoms with E-state index in [1.165, 1.54) is 55.7 Å². The maximum atomic E-state index is 2.46. The van der Waals surface area contributed by atoms with Gasteiger partial charge in [-0.2, -0.15) is 0 Å². The van der Waals surface area contributed by atoms with E-state index in [1.807, 2.05) is 0 Å². The summed E-state index contributed by atoms with van der Waals surface area (Å²) in [6.07, 6.45) is 5.93. The van der Waals surface area contributed by atoms with Gasteiger partial charge in [-0.25, -0.2) is 0 Å². The molecular formula is C32H24. The summed E-state index contributed by atoms with van der Waals surface area (Å²) in [5, 5.41) is 0. The van der Waals surface area contributed by atoms with Gasteiger partial charge in [-0.1, -0.05) is 110 Å². The minimum absolute atomic E-state index is 0.228. The third-order valence-electron chi connectivity index (χ3n) is 7.73. The Hall–Kier alpha value is -3.64. The summed E-state index contributed by atoms with van der Waals surface area (Å²) in [6.45, 7) is 2.39. The lowest BCUT2D eigenvalue weighted by atomic mass is 9.68. The molecule has 4 aromatic carbocycles. The van der Waals surface area contributed by atoms with E-state index in [2.05, 4.69) is 116 Å². The summed E-state index contributed by atoms with van der Waals surface area (Å²) in [7, 11) is 0. The lowest BCUT2D eigenvalue weighted by Crippen LogP contribution is -2.27. The molecule has 0 bridgehead atoms. The number of benzene rings is 4. The van der Waals surface area contributed by atoms with E-state index >= 15 is 0 Å². The van der Waals surface area contributed by atoms with Crippen molar-refractivity contribution in [1.82, 2.24) is 0 Å². The molecule has 0 amide bonds. The predicted molar refractivity (Wildman–Crippen MR) is 133 cm³/mol. The van der Waals surface area contributed by atoms with Crippen LogP contribution in [0.3, 0.4) is 0 Å². The van der Waals surface area contributed by atoms with Crippen molar-refractivity contribution >= 4 is 5.57 Å². The molecule has 2 unspecified atom stereocenters. The van der Waals surface area contributed by atoms with Gasteiger partial charge in [0.1, 0.15) is 0 Å². The second kappa shape index (κ2) is 6.43. The first-order chi connectivity index (χ1) is 15.8. The van der Waals surface area contributed by atoms with Crippen molar-refractivity contribution < 1.29 is 0 Å². The topological polar surface area (TPSA) is 0 Å². The molecular weight excluding hydrogens is 384 g/mol. The Bertz CT molecular complexity index is 1450. The first-order valence-corrected chi connectivity index (χ1v) is 11.6. The number of allylic oxidation sites excluding steroid dienone is 4. The van der Waals surface area contributed by atoms with E-state index < -0.39 is 0 Å². The van der Waals surface area contributed by atoms with Crippen LogP contribution in [0.2, 0.25) is 0 Å². The zero-order valence-corrected chi connectivity index (χ0v) is 18.2. The van der Waals surface area contributed by atoms with Crippen LogP contribution in [0.1, 0.15) is 35.6 Å². The highest BCUT2D eigenvalue weighted by molar-refractivity contribution is 5.97. The van der Waals surface area contributed by atoms with Crippen LogP contribution in [-0.2, 0) is 5.41 Å². The van der Waals surface area contributed by atoms with E-state index in [1.54, 1.807) is 0 Å². The molecule has 0 aliphatic heterocycles. The average molecular weight is 409 g/mol. The lowest BCUT2D eigenvalue weighted by molar-refractivity contribution is 0.731. The molecule has 0 radical (unpaired) electrons. The van der Waals surface area contributed by atoms with E-state index in [0.717, 1.165) is 6.42 Å². The predicted octanol–water partition coefficient (Wildman–Crippen LogP) is 8.03. The first kappa shape index (κ1) is 18.0. The van der Waals surface area contributed by atoms with Crippen LogP contribution < -0.4 is 0 Å². The molecule has 152 valence electrons. The molecule has 32 heavy (non-hydrogen) atoms. The lowest BCUT2D eigenvalue weighted by Gasteiger charge is -2.33. The Morgan fingerprint density at radius 3 is 2.09 bits per heavy atom. The van der Waals surface area contributed by atoms with Crippen LogP contribution in [0, 0.1) is 5.92 Å². The fourth-order valence-electron chi connectivity index (χ4n) is 6.46. The molecule has 0 heteroatoms. The van der Waals surface area contributed by atoms with E-state index in [0.29, 0.717) is 5.92 Å². The minimum atomic E-state index is -0.228. The summed E-state index contributed by atoms with van der Waals surface area (Å²) in [6, 6.07) is 36.1. The van der Waals surface area contributed by atoms with Crippen molar-refractivity contribution in [2.24, 2.45) is 5.92 Å². The van der Waals surface area contributed by atoms with Gasteiger partial charge in [0.15, 0.2) is 0 Å². The Labute approximate surface area is 189 Å². The Morgan fingerprint density at radius 1 is 0.625 bits per heavy atom. The SMILES string of the molecule is CC1CC=CC2=C1c1ccccc1C21c2ccccc2-c2ccc(-c3ccccc3)cc21. The highest BCUT2D eigenvalue weighted by atomic mass is 14.5. The second-order valence-electron chi connectivity index (χ2n) is 9.33. The van der Waals surface area contributed by atoms with Crippen molar-refractivity contribution in [3.8, 4) is 22.3 Å². The summed E-state index contributed by atoms with van der Waals surface area (Å²) < 4.78 is 0. The maximum Gasteiger partial charge on any atom is 0.0722 e. The van der Waals surface area contributed by atoms with Crippen molar-refractivity contribution in [3.05, 3.63) is 137 Å². The Kier molecular flexibility index (Phi) is 3.62. The van der Waals surface area contributed by atoms with Gasteiger partial charge in [0, 0.05) is 0 Å². The highest BCUT2D eigenvalue weighted by Gasteiger charge is 2.53. The van der Waals surface area contributed by atoms with Crippen LogP contribution in [0.25, 0.3) is 27.8 Å². The molecule has 0 fully saturated rings. The number of hydrogen-bond donors (Lipinski definition) is 0. The van der Waals surface area contributed by atoms with Gasteiger partial charge in [-0.05, 0) is 74.1 Å². The van der Waals surface area contributed by atoms with Crippen molar-refractivity contribution in [2.45, 2.75) is 18.8 Å². The molecule has 4 aromatic rings. The second-order valence-corrected chi connectivity index (χ2v) is 9.33. The molecule has 0 saturated carbocycles. The minimum Gasteiger partial charge on any atom is -0.0836 e. The highest BCUT2D eigenvalue weighted by Crippen LogP contribution is 2.64. The summed E-state index contributed by atoms with van der Waals surface area (Å²) in [4.78, 5) is 0. The van der Waals surface area contributed by atoms with Gasteiger partial charge in [-0.3, -0.25) is 0 Å². The normalized spacial score (nSPS) is 22.0. The van der Waals surface area contributed by atoms with Crippen LogP contribution in [0.4, 0.5) is 0 Å². The largest absolute Gasteiger partial charge is 0.0836 e. The fourth-order valence-corrected chi connectivity index (χ4v) is 6.46. The molecule has 0 saturated heterocycles. The van der Waals surface area contributed by atoms with Crippen molar-refractivity contribution in [3.63, 3.8) is 0 Å². The van der Waals surface area contributed by atoms with Crippen LogP contribution in [-0.4, -0.2) is 0 Å². The van der Waals surface area contributed by atoms with E-state index in [4.69, 9.17) is 0 Å². The van der Waals surface area contributed by atoms with Crippen LogP contribution >= 0.6 is 0 Å². The standard InChI is InChI=1S/C32H24/c1-21-10-9-17-29-31(21)26-14-6-8-16-28(26)32(29)27-15-7-5-13-24(27)25-19-18-23(20-30(25)32)22-11-3-2-4-12-22/h2-9,11-21H,10H2,1H3. The van der Waals surface area contributed by atoms with E-state index in [-0.39, 0.29) is 5.41 Å². The third kappa shape index (κ3) is 2.12. The fraction of sp³-hybridized carbons (Fsp3) is 0.125. The van der Waals surface area contributed by atoms with Gasteiger partial charge in [0.25, 0.3) is 0 Å². The van der Waals surface area contributed by atoms with Gasteiger partial charge < -0.3 is 0 Å². The van der Waals surface area contributed by atoms with Crippen LogP contribution in [0.5, 0.6) is 0 Å².